The summed E-state index contributed by atoms with van der Waals surface area (Å²) in [5.74, 6) is 0. The van der Waals surface area contributed by atoms with Crippen LogP contribution in [0.5, 0.6) is 0 Å². The number of methoxy groups -OCH3 is 1. The number of hydrogen-bond donors (Lipinski definition) is 0. The summed E-state index contributed by atoms with van der Waals surface area (Å²) in [4.78, 5) is 0. The van der Waals surface area contributed by atoms with E-state index in [0.29, 0.717) is 0 Å². The van der Waals surface area contributed by atoms with E-state index >= 15 is 0 Å². The highest BCUT2D eigenvalue weighted by molar-refractivity contribution is 5.97. The van der Waals surface area contributed by atoms with Crippen molar-refractivity contribution >= 4 is 5.71 Å². The molecule has 0 fully saturated rings. The van der Waals surface area contributed by atoms with Gasteiger partial charge in [-0.05, 0) is 13.0 Å². The number of hydrazone groups is 1. The summed E-state index contributed by atoms with van der Waals surface area (Å²) in [6, 6.07) is 0. The van der Waals surface area contributed by atoms with Crippen LogP contribution in [-0.4, -0.2) is 38.0 Å². The predicted molar refractivity (Wildman–Crippen MR) is 47.8 cm³/mol. The quantitative estimate of drug-likeness (QED) is 0.450. The molecule has 0 aliphatic carbocycles. The van der Waals surface area contributed by atoms with Gasteiger partial charge in [0.2, 0.25) is 0 Å². The number of ether oxygens (including phenoxy) is 1. The molecule has 0 aromatic heterocycles. The lowest BCUT2D eigenvalue weighted by atomic mass is 10.2. The van der Waals surface area contributed by atoms with Gasteiger partial charge >= 0.3 is 0 Å². The molecule has 0 aromatic carbocycles. The van der Waals surface area contributed by atoms with Crippen molar-refractivity contribution in [2.24, 2.45) is 5.10 Å². The second-order valence-electron chi connectivity index (χ2n) is 2.45. The summed E-state index contributed by atoms with van der Waals surface area (Å²) in [6.45, 7) is 5.58. The fourth-order valence-corrected chi connectivity index (χ4v) is 0.640. The van der Waals surface area contributed by atoms with Gasteiger partial charge in [-0.3, -0.25) is 0 Å². The third-order valence-electron chi connectivity index (χ3n) is 1.29. The minimum Gasteiger partial charge on any atom is -0.375 e. The summed E-state index contributed by atoms with van der Waals surface area (Å²) in [7, 11) is 5.39. The lowest BCUT2D eigenvalue weighted by Crippen LogP contribution is -2.20. The fraction of sp³-hybridized carbons (Fsp3) is 0.625. The summed E-state index contributed by atoms with van der Waals surface area (Å²) in [6.07, 6.45) is 1.71. The Hall–Kier alpha value is -0.830. The molecular formula is C8H16N2O. The van der Waals surface area contributed by atoms with E-state index in [1.54, 1.807) is 18.2 Å². The van der Waals surface area contributed by atoms with E-state index in [-0.39, 0.29) is 6.10 Å². The third kappa shape index (κ3) is 3.78. The van der Waals surface area contributed by atoms with Crippen LogP contribution < -0.4 is 0 Å². The van der Waals surface area contributed by atoms with Crippen LogP contribution in [-0.2, 0) is 4.74 Å². The first-order valence-electron chi connectivity index (χ1n) is 3.52. The zero-order valence-electron chi connectivity index (χ0n) is 7.66. The second-order valence-corrected chi connectivity index (χ2v) is 2.45. The van der Waals surface area contributed by atoms with Gasteiger partial charge in [0.1, 0.15) is 0 Å². The average Bonchev–Trinajstić information content (AvgIpc) is 1.98. The lowest BCUT2D eigenvalue weighted by molar-refractivity contribution is 0.169. The molecule has 0 N–H and O–H groups in total. The topological polar surface area (TPSA) is 24.8 Å². The van der Waals surface area contributed by atoms with Crippen LogP contribution in [0.25, 0.3) is 0 Å². The van der Waals surface area contributed by atoms with Crippen LogP contribution in [0.15, 0.2) is 17.8 Å². The average molecular weight is 156 g/mol. The summed E-state index contributed by atoms with van der Waals surface area (Å²) in [5, 5.41) is 5.90. The monoisotopic (exact) mass is 156 g/mol. The van der Waals surface area contributed by atoms with E-state index in [1.165, 1.54) is 0 Å². The zero-order chi connectivity index (χ0) is 8.85. The highest BCUT2D eigenvalue weighted by Gasteiger charge is 2.04. The summed E-state index contributed by atoms with van der Waals surface area (Å²) >= 11 is 0. The van der Waals surface area contributed by atoms with Crippen LogP contribution in [0.1, 0.15) is 6.92 Å². The van der Waals surface area contributed by atoms with E-state index in [9.17, 15) is 0 Å². The molecule has 1 atom stereocenters. The van der Waals surface area contributed by atoms with E-state index in [4.69, 9.17) is 4.74 Å². The van der Waals surface area contributed by atoms with Crippen LogP contribution >= 0.6 is 0 Å². The Balaban J connectivity index is 4.26. The van der Waals surface area contributed by atoms with Gasteiger partial charge in [-0.25, -0.2) is 0 Å². The highest BCUT2D eigenvalue weighted by atomic mass is 16.5. The summed E-state index contributed by atoms with van der Waals surface area (Å²) < 4.78 is 5.08. The molecule has 0 aromatic rings. The minimum atomic E-state index is 0.00917. The Labute approximate surface area is 68.3 Å². The van der Waals surface area contributed by atoms with E-state index in [2.05, 4.69) is 11.7 Å². The van der Waals surface area contributed by atoms with Crippen LogP contribution in [0.3, 0.4) is 0 Å². The molecule has 0 saturated carbocycles. The molecular weight excluding hydrogens is 140 g/mol. The van der Waals surface area contributed by atoms with E-state index < -0.39 is 0 Å². The molecule has 0 unspecified atom stereocenters. The standard InChI is InChI=1S/C8H16N2O/c1-6-8(7(2)11-5)9-10(3)4/h6-7H,1H2,2-5H3/b9-8+/t7-/m0/s1. The maximum absolute atomic E-state index is 5.08. The zero-order valence-corrected chi connectivity index (χ0v) is 7.66. The van der Waals surface area contributed by atoms with Crippen molar-refractivity contribution in [3.63, 3.8) is 0 Å². The fourth-order valence-electron chi connectivity index (χ4n) is 0.640. The molecule has 3 nitrogen and oxygen atoms in total. The molecule has 0 spiro atoms. The molecule has 64 valence electrons. The second kappa shape index (κ2) is 4.91. The Morgan fingerprint density at radius 2 is 2.18 bits per heavy atom. The van der Waals surface area contributed by atoms with Crippen LogP contribution in [0.2, 0.25) is 0 Å². The first-order chi connectivity index (χ1) is 5.11. The Kier molecular flexibility index (Phi) is 4.54. The minimum absolute atomic E-state index is 0.00917. The van der Waals surface area contributed by atoms with Gasteiger partial charge in [0.05, 0.1) is 11.8 Å². The van der Waals surface area contributed by atoms with Gasteiger partial charge in [-0.15, -0.1) is 0 Å². The SMILES string of the molecule is C=C/C(=N\N(C)C)[C@H](C)OC. The number of hydrogen-bond acceptors (Lipinski definition) is 3. The van der Waals surface area contributed by atoms with Crippen LogP contribution in [0, 0.1) is 0 Å². The number of nitrogens with zero attached hydrogens (tertiary/aromatic N) is 2. The highest BCUT2D eigenvalue weighted by Crippen LogP contribution is 1.95. The maximum Gasteiger partial charge on any atom is 0.0980 e. The molecule has 0 radical (unpaired) electrons. The van der Waals surface area contributed by atoms with Gasteiger partial charge in [0.25, 0.3) is 0 Å². The third-order valence-corrected chi connectivity index (χ3v) is 1.29. The first kappa shape index (κ1) is 10.2. The van der Waals surface area contributed by atoms with Crippen molar-refractivity contribution in [2.75, 3.05) is 21.2 Å². The smallest absolute Gasteiger partial charge is 0.0980 e. The van der Waals surface area contributed by atoms with Gasteiger partial charge in [0, 0.05) is 21.2 Å². The summed E-state index contributed by atoms with van der Waals surface area (Å²) in [5.41, 5.74) is 0.845. The van der Waals surface area contributed by atoms with Crippen molar-refractivity contribution in [2.45, 2.75) is 13.0 Å². The predicted octanol–water partition coefficient (Wildman–Crippen LogP) is 1.12. The van der Waals surface area contributed by atoms with Gasteiger partial charge in [-0.2, -0.15) is 5.10 Å². The van der Waals surface area contributed by atoms with Crippen molar-refractivity contribution in [1.82, 2.24) is 5.01 Å². The molecule has 0 aliphatic rings. The molecule has 3 heteroatoms. The van der Waals surface area contributed by atoms with Crippen molar-refractivity contribution in [3.05, 3.63) is 12.7 Å². The molecule has 11 heavy (non-hydrogen) atoms. The van der Waals surface area contributed by atoms with Gasteiger partial charge < -0.3 is 9.75 Å². The normalized spacial score (nSPS) is 14.4. The molecule has 0 saturated heterocycles. The molecule has 0 rings (SSSR count). The largest absolute Gasteiger partial charge is 0.375 e. The number of rotatable bonds is 4. The van der Waals surface area contributed by atoms with E-state index in [1.807, 2.05) is 21.0 Å². The lowest BCUT2D eigenvalue weighted by Gasteiger charge is -2.12. The van der Waals surface area contributed by atoms with Crippen LogP contribution in [0.4, 0.5) is 0 Å². The molecule has 0 bridgehead atoms. The van der Waals surface area contributed by atoms with Crippen molar-refractivity contribution in [1.29, 1.82) is 0 Å². The molecule has 0 heterocycles. The van der Waals surface area contributed by atoms with Crippen molar-refractivity contribution in [3.8, 4) is 0 Å². The van der Waals surface area contributed by atoms with Gasteiger partial charge in [-0.1, -0.05) is 6.58 Å². The Morgan fingerprint density at radius 3 is 2.45 bits per heavy atom. The Morgan fingerprint density at radius 1 is 1.64 bits per heavy atom. The van der Waals surface area contributed by atoms with Gasteiger partial charge in [0.15, 0.2) is 0 Å². The first-order valence-corrected chi connectivity index (χ1v) is 3.52. The van der Waals surface area contributed by atoms with E-state index in [0.717, 1.165) is 5.71 Å². The van der Waals surface area contributed by atoms with Crippen molar-refractivity contribution < 1.29 is 4.74 Å². The maximum atomic E-state index is 5.08. The Bertz CT molecular complexity index is 152. The molecule has 0 amide bonds. The molecule has 0 aliphatic heterocycles.